The summed E-state index contributed by atoms with van der Waals surface area (Å²) in [6.07, 6.45) is 2.09. The number of hydrogen-bond acceptors (Lipinski definition) is 0. The zero-order chi connectivity index (χ0) is 10.1. The van der Waals surface area contributed by atoms with Crippen LogP contribution in [0.15, 0.2) is 60.8 Å². The molecular weight excluding hydrogens is 182 g/mol. The molecule has 1 heteroatoms. The minimum Gasteiger partial charge on any atom is -0.317 e. The molecule has 1 heterocycles. The maximum atomic E-state index is 3.09. The topological polar surface area (TPSA) is 4.93 Å². The van der Waals surface area contributed by atoms with E-state index in [0.29, 0.717) is 0 Å². The zero-order valence-electron chi connectivity index (χ0n) is 8.22. The average molecular weight is 192 g/mol. The van der Waals surface area contributed by atoms with Gasteiger partial charge >= 0.3 is 0 Å². The zero-order valence-corrected chi connectivity index (χ0v) is 8.22. The van der Waals surface area contributed by atoms with Crippen LogP contribution in [0.5, 0.6) is 0 Å². The third-order valence-electron chi connectivity index (χ3n) is 2.57. The molecule has 0 unspecified atom stereocenters. The molecule has 15 heavy (non-hydrogen) atoms. The maximum Gasteiger partial charge on any atom is 0.0528 e. The largest absolute Gasteiger partial charge is 0.317 e. The van der Waals surface area contributed by atoms with Gasteiger partial charge in [0.25, 0.3) is 0 Å². The van der Waals surface area contributed by atoms with Gasteiger partial charge in [-0.05, 0) is 36.4 Å². The molecule has 71 valence electrons. The van der Waals surface area contributed by atoms with Gasteiger partial charge in [0.1, 0.15) is 0 Å². The number of fused-ring (bicyclic) bond motifs is 1. The van der Waals surface area contributed by atoms with E-state index in [9.17, 15) is 0 Å². The molecule has 0 N–H and O–H groups in total. The Kier molecular flexibility index (Phi) is 1.82. The molecule has 0 spiro atoms. The first-order chi connectivity index (χ1) is 7.45. The van der Waals surface area contributed by atoms with Crippen LogP contribution in [-0.4, -0.2) is 4.57 Å². The maximum absolute atomic E-state index is 3.09. The van der Waals surface area contributed by atoms with Gasteiger partial charge in [0.15, 0.2) is 0 Å². The Bertz CT molecular complexity index is 578. The van der Waals surface area contributed by atoms with E-state index in [1.165, 1.54) is 16.6 Å². The van der Waals surface area contributed by atoms with Crippen molar-refractivity contribution in [3.8, 4) is 5.69 Å². The summed E-state index contributed by atoms with van der Waals surface area (Å²) in [6, 6.07) is 21.6. The lowest BCUT2D eigenvalue weighted by atomic mass is 10.2. The Morgan fingerprint density at radius 1 is 0.933 bits per heavy atom. The highest BCUT2D eigenvalue weighted by molar-refractivity contribution is 5.81. The lowest BCUT2D eigenvalue weighted by Gasteiger charge is -2.04. The molecule has 0 bridgehead atoms. The first-order valence-corrected chi connectivity index (χ1v) is 4.98. The Hall–Kier alpha value is -2.02. The van der Waals surface area contributed by atoms with E-state index < -0.39 is 0 Å². The number of nitrogens with zero attached hydrogens (tertiary/aromatic N) is 1. The fourth-order valence-electron chi connectivity index (χ4n) is 1.84. The number of para-hydroxylation sites is 1. The van der Waals surface area contributed by atoms with Crippen LogP contribution in [0.1, 0.15) is 0 Å². The lowest BCUT2D eigenvalue weighted by molar-refractivity contribution is 1.13. The van der Waals surface area contributed by atoms with Gasteiger partial charge in [0, 0.05) is 17.3 Å². The van der Waals surface area contributed by atoms with Gasteiger partial charge in [-0.2, -0.15) is 0 Å². The van der Waals surface area contributed by atoms with E-state index in [1.54, 1.807) is 0 Å². The standard InChI is InChI=1S/C14H10N/c1-2-7-13(8-3-1)15-11-10-12-6-4-5-9-14(12)15/h1-3,5-11H. The van der Waals surface area contributed by atoms with Crippen molar-refractivity contribution in [3.63, 3.8) is 0 Å². The molecule has 1 nitrogen and oxygen atoms in total. The van der Waals surface area contributed by atoms with Crippen LogP contribution in [0, 0.1) is 6.07 Å². The Labute approximate surface area is 88.6 Å². The third kappa shape index (κ3) is 1.33. The monoisotopic (exact) mass is 192 g/mol. The molecule has 1 aromatic heterocycles. The van der Waals surface area contributed by atoms with E-state index in [0.717, 1.165) is 0 Å². The van der Waals surface area contributed by atoms with Crippen LogP contribution in [0.3, 0.4) is 0 Å². The highest BCUT2D eigenvalue weighted by Crippen LogP contribution is 2.19. The minimum absolute atomic E-state index is 1.19. The second kappa shape index (κ2) is 3.28. The van der Waals surface area contributed by atoms with Crippen molar-refractivity contribution >= 4 is 10.9 Å². The number of rotatable bonds is 1. The van der Waals surface area contributed by atoms with E-state index in [1.807, 2.05) is 18.2 Å². The normalized spacial score (nSPS) is 10.7. The van der Waals surface area contributed by atoms with Crippen molar-refractivity contribution in [2.24, 2.45) is 0 Å². The Morgan fingerprint density at radius 2 is 1.80 bits per heavy atom. The molecular formula is C14H10N. The van der Waals surface area contributed by atoms with Crippen molar-refractivity contribution in [1.29, 1.82) is 0 Å². The lowest BCUT2D eigenvalue weighted by Crippen LogP contribution is -1.89. The van der Waals surface area contributed by atoms with Gasteiger partial charge in [-0.15, -0.1) is 0 Å². The van der Waals surface area contributed by atoms with Crippen LogP contribution in [-0.2, 0) is 0 Å². The van der Waals surface area contributed by atoms with Gasteiger partial charge in [0.2, 0.25) is 0 Å². The van der Waals surface area contributed by atoms with Gasteiger partial charge in [-0.25, -0.2) is 0 Å². The molecule has 3 aromatic rings. The summed E-state index contributed by atoms with van der Waals surface area (Å²) in [5, 5.41) is 1.22. The van der Waals surface area contributed by atoms with Gasteiger partial charge in [-0.3, -0.25) is 0 Å². The molecule has 3 rings (SSSR count). The van der Waals surface area contributed by atoms with Crippen LogP contribution < -0.4 is 0 Å². The second-order valence-electron chi connectivity index (χ2n) is 3.51. The van der Waals surface area contributed by atoms with Crippen molar-refractivity contribution < 1.29 is 0 Å². The molecule has 1 radical (unpaired) electrons. The van der Waals surface area contributed by atoms with Crippen LogP contribution in [0.25, 0.3) is 16.6 Å². The van der Waals surface area contributed by atoms with E-state index in [-0.39, 0.29) is 0 Å². The predicted molar refractivity (Wildman–Crippen MR) is 62.1 cm³/mol. The molecule has 0 fully saturated rings. The summed E-state index contributed by atoms with van der Waals surface area (Å²) < 4.78 is 2.18. The average Bonchev–Trinajstić information content (AvgIpc) is 2.74. The molecule has 0 amide bonds. The molecule has 0 atom stereocenters. The number of benzene rings is 2. The fourth-order valence-corrected chi connectivity index (χ4v) is 1.84. The van der Waals surface area contributed by atoms with E-state index in [2.05, 4.69) is 53.2 Å². The van der Waals surface area contributed by atoms with Crippen molar-refractivity contribution in [3.05, 3.63) is 66.9 Å². The summed E-state index contributed by atoms with van der Waals surface area (Å²) in [5.41, 5.74) is 2.42. The van der Waals surface area contributed by atoms with E-state index >= 15 is 0 Å². The highest BCUT2D eigenvalue weighted by Gasteiger charge is 2.00. The SMILES string of the molecule is [c]1ccc2c(c1)ccn2-c1ccccc1. The summed E-state index contributed by atoms with van der Waals surface area (Å²) in [4.78, 5) is 0. The Balaban J connectivity index is 2.28. The Morgan fingerprint density at radius 3 is 2.67 bits per heavy atom. The van der Waals surface area contributed by atoms with Gasteiger partial charge in [-0.1, -0.05) is 24.3 Å². The molecule has 0 aliphatic carbocycles. The predicted octanol–water partition coefficient (Wildman–Crippen LogP) is 3.43. The molecule has 0 saturated carbocycles. The van der Waals surface area contributed by atoms with Crippen molar-refractivity contribution in [1.82, 2.24) is 4.57 Å². The van der Waals surface area contributed by atoms with Crippen molar-refractivity contribution in [2.75, 3.05) is 0 Å². The molecule has 0 aliphatic heterocycles. The molecule has 0 saturated heterocycles. The van der Waals surface area contributed by atoms with E-state index in [4.69, 9.17) is 0 Å². The first-order valence-electron chi connectivity index (χ1n) is 4.98. The summed E-state index contributed by atoms with van der Waals surface area (Å²) >= 11 is 0. The first kappa shape index (κ1) is 8.30. The highest BCUT2D eigenvalue weighted by atomic mass is 15.0. The summed E-state index contributed by atoms with van der Waals surface area (Å²) in [5.74, 6) is 0. The smallest absolute Gasteiger partial charge is 0.0528 e. The summed E-state index contributed by atoms with van der Waals surface area (Å²) in [6.45, 7) is 0. The molecule has 2 aromatic carbocycles. The van der Waals surface area contributed by atoms with Gasteiger partial charge < -0.3 is 4.57 Å². The summed E-state index contributed by atoms with van der Waals surface area (Å²) in [7, 11) is 0. The molecule has 0 aliphatic rings. The minimum atomic E-state index is 1.19. The number of aromatic nitrogens is 1. The quantitative estimate of drug-likeness (QED) is 0.556. The number of hydrogen-bond donors (Lipinski definition) is 0. The van der Waals surface area contributed by atoms with Gasteiger partial charge in [0.05, 0.1) is 5.52 Å². The van der Waals surface area contributed by atoms with Crippen molar-refractivity contribution in [2.45, 2.75) is 0 Å². The van der Waals surface area contributed by atoms with Crippen LogP contribution in [0.4, 0.5) is 0 Å². The van der Waals surface area contributed by atoms with Crippen LogP contribution in [0.2, 0.25) is 0 Å². The van der Waals surface area contributed by atoms with Crippen LogP contribution >= 0.6 is 0 Å². The third-order valence-corrected chi connectivity index (χ3v) is 2.57. The second-order valence-corrected chi connectivity index (χ2v) is 3.51. The fraction of sp³-hybridized carbons (Fsp3) is 0.